The van der Waals surface area contributed by atoms with Crippen LogP contribution in [0.1, 0.15) is 16.1 Å². The van der Waals surface area contributed by atoms with Crippen LogP contribution in [0.2, 0.25) is 0 Å². The number of methoxy groups -OCH3 is 1. The molecule has 140 valence electrons. The Morgan fingerprint density at radius 1 is 1.11 bits per heavy atom. The SMILES string of the molecule is COc1cccc(C(=O)Nc2ccc(S(=O)(=O)Nc3cc(C)on3)cc2)c1. The average Bonchev–Trinajstić information content (AvgIpc) is 3.06. The molecule has 0 saturated heterocycles. The van der Waals surface area contributed by atoms with Gasteiger partial charge in [0.15, 0.2) is 5.82 Å². The van der Waals surface area contributed by atoms with Crippen LogP contribution in [0.5, 0.6) is 5.75 Å². The van der Waals surface area contributed by atoms with Gasteiger partial charge in [0.25, 0.3) is 15.9 Å². The smallest absolute Gasteiger partial charge is 0.263 e. The van der Waals surface area contributed by atoms with Crippen LogP contribution in [0, 0.1) is 6.92 Å². The summed E-state index contributed by atoms with van der Waals surface area (Å²) in [5.41, 5.74) is 0.883. The molecular formula is C18H17N3O5S. The zero-order valence-electron chi connectivity index (χ0n) is 14.6. The van der Waals surface area contributed by atoms with E-state index in [0.717, 1.165) is 0 Å². The second-order valence-electron chi connectivity index (χ2n) is 5.64. The van der Waals surface area contributed by atoms with E-state index in [0.29, 0.717) is 22.8 Å². The molecule has 1 heterocycles. The normalized spacial score (nSPS) is 11.0. The second kappa shape index (κ2) is 7.50. The first-order valence-corrected chi connectivity index (χ1v) is 9.37. The number of nitrogens with one attached hydrogen (secondary N) is 2. The number of hydrogen-bond acceptors (Lipinski definition) is 6. The topological polar surface area (TPSA) is 111 Å². The zero-order chi connectivity index (χ0) is 19.4. The van der Waals surface area contributed by atoms with Crippen molar-refractivity contribution < 1.29 is 22.5 Å². The lowest BCUT2D eigenvalue weighted by molar-refractivity contribution is 0.102. The van der Waals surface area contributed by atoms with Crippen molar-refractivity contribution in [1.29, 1.82) is 0 Å². The summed E-state index contributed by atoms with van der Waals surface area (Å²) in [6.07, 6.45) is 0. The fraction of sp³-hybridized carbons (Fsp3) is 0.111. The summed E-state index contributed by atoms with van der Waals surface area (Å²) >= 11 is 0. The van der Waals surface area contributed by atoms with Crippen LogP contribution in [-0.4, -0.2) is 26.6 Å². The highest BCUT2D eigenvalue weighted by atomic mass is 32.2. The molecule has 27 heavy (non-hydrogen) atoms. The summed E-state index contributed by atoms with van der Waals surface area (Å²) in [6, 6.07) is 14.0. The molecule has 0 atom stereocenters. The minimum absolute atomic E-state index is 0.0301. The molecule has 0 bridgehead atoms. The molecule has 0 radical (unpaired) electrons. The molecule has 8 nitrogen and oxygen atoms in total. The van der Waals surface area contributed by atoms with Gasteiger partial charge in [0, 0.05) is 17.3 Å². The van der Waals surface area contributed by atoms with Gasteiger partial charge >= 0.3 is 0 Å². The predicted molar refractivity (Wildman–Crippen MR) is 99.4 cm³/mol. The van der Waals surface area contributed by atoms with Crippen LogP contribution >= 0.6 is 0 Å². The number of ether oxygens (including phenoxy) is 1. The van der Waals surface area contributed by atoms with Gasteiger partial charge in [0.05, 0.1) is 12.0 Å². The molecule has 1 aromatic heterocycles. The number of aromatic nitrogens is 1. The van der Waals surface area contributed by atoms with Crippen molar-refractivity contribution in [2.45, 2.75) is 11.8 Å². The van der Waals surface area contributed by atoms with E-state index in [1.54, 1.807) is 31.2 Å². The highest BCUT2D eigenvalue weighted by Gasteiger charge is 2.16. The number of rotatable bonds is 6. The maximum atomic E-state index is 12.3. The van der Waals surface area contributed by atoms with Crippen LogP contribution in [0.15, 0.2) is 64.0 Å². The van der Waals surface area contributed by atoms with Crippen molar-refractivity contribution in [3.05, 3.63) is 65.9 Å². The van der Waals surface area contributed by atoms with Crippen LogP contribution in [-0.2, 0) is 10.0 Å². The molecule has 0 unspecified atom stereocenters. The first-order valence-electron chi connectivity index (χ1n) is 7.89. The summed E-state index contributed by atoms with van der Waals surface area (Å²) in [6.45, 7) is 1.66. The number of carbonyl (C=O) groups excluding carboxylic acids is 1. The van der Waals surface area contributed by atoms with E-state index in [4.69, 9.17) is 9.26 Å². The van der Waals surface area contributed by atoms with Crippen molar-refractivity contribution in [1.82, 2.24) is 5.16 Å². The van der Waals surface area contributed by atoms with Crippen LogP contribution in [0.25, 0.3) is 0 Å². The van der Waals surface area contributed by atoms with Crippen LogP contribution < -0.4 is 14.8 Å². The van der Waals surface area contributed by atoms with Gasteiger partial charge in [-0.25, -0.2) is 8.42 Å². The van der Waals surface area contributed by atoms with Crippen molar-refractivity contribution in [2.75, 3.05) is 17.1 Å². The van der Waals surface area contributed by atoms with Gasteiger partial charge in [-0.05, 0) is 49.4 Å². The van der Waals surface area contributed by atoms with E-state index >= 15 is 0 Å². The maximum Gasteiger partial charge on any atom is 0.263 e. The largest absolute Gasteiger partial charge is 0.497 e. The molecule has 0 aliphatic heterocycles. The molecule has 0 aliphatic carbocycles. The first kappa shape index (κ1) is 18.5. The van der Waals surface area contributed by atoms with Gasteiger partial charge in [-0.2, -0.15) is 0 Å². The number of benzene rings is 2. The highest BCUT2D eigenvalue weighted by Crippen LogP contribution is 2.19. The second-order valence-corrected chi connectivity index (χ2v) is 7.32. The third-order valence-corrected chi connectivity index (χ3v) is 4.99. The Bertz CT molecular complexity index is 1060. The minimum atomic E-state index is -3.81. The van der Waals surface area contributed by atoms with E-state index in [1.165, 1.54) is 37.4 Å². The molecular weight excluding hydrogens is 370 g/mol. The molecule has 2 aromatic carbocycles. The Labute approximate surface area is 156 Å². The minimum Gasteiger partial charge on any atom is -0.497 e. The van der Waals surface area contributed by atoms with Gasteiger partial charge in [0.2, 0.25) is 0 Å². The van der Waals surface area contributed by atoms with Gasteiger partial charge in [0.1, 0.15) is 11.5 Å². The predicted octanol–water partition coefficient (Wildman–Crippen LogP) is 3.04. The van der Waals surface area contributed by atoms with Gasteiger partial charge < -0.3 is 14.6 Å². The summed E-state index contributed by atoms with van der Waals surface area (Å²) in [5, 5.41) is 6.30. The fourth-order valence-electron chi connectivity index (χ4n) is 2.30. The molecule has 0 aliphatic rings. The fourth-order valence-corrected chi connectivity index (χ4v) is 3.28. The molecule has 3 rings (SSSR count). The lowest BCUT2D eigenvalue weighted by atomic mass is 10.2. The van der Waals surface area contributed by atoms with Crippen LogP contribution in [0.3, 0.4) is 0 Å². The molecule has 0 saturated carbocycles. The quantitative estimate of drug-likeness (QED) is 0.673. The Hall–Kier alpha value is -3.33. The van der Waals surface area contributed by atoms with E-state index in [1.807, 2.05) is 0 Å². The number of anilines is 2. The third kappa shape index (κ3) is 4.45. The Morgan fingerprint density at radius 2 is 1.85 bits per heavy atom. The molecule has 1 amide bonds. The van der Waals surface area contributed by atoms with E-state index in [2.05, 4.69) is 15.2 Å². The standard InChI is InChI=1S/C18H17N3O5S/c1-12-10-17(20-26-12)21-27(23,24)16-8-6-14(7-9-16)19-18(22)13-4-3-5-15(11-13)25-2/h3-11H,1-2H3,(H,19,22)(H,20,21). The summed E-state index contributed by atoms with van der Waals surface area (Å²) in [5.74, 6) is 0.824. The van der Waals surface area contributed by atoms with Crippen molar-refractivity contribution in [2.24, 2.45) is 0 Å². The van der Waals surface area contributed by atoms with E-state index < -0.39 is 10.0 Å². The van der Waals surface area contributed by atoms with Gasteiger partial charge in [-0.3, -0.25) is 9.52 Å². The number of nitrogens with zero attached hydrogens (tertiary/aromatic N) is 1. The average molecular weight is 387 g/mol. The lowest BCUT2D eigenvalue weighted by Crippen LogP contribution is -2.14. The molecule has 3 aromatic rings. The molecule has 0 fully saturated rings. The Kier molecular flexibility index (Phi) is 5.13. The number of hydrogen-bond donors (Lipinski definition) is 2. The monoisotopic (exact) mass is 387 g/mol. The molecule has 2 N–H and O–H groups in total. The number of sulfonamides is 1. The van der Waals surface area contributed by atoms with Crippen molar-refractivity contribution in [3.63, 3.8) is 0 Å². The number of aryl methyl sites for hydroxylation is 1. The zero-order valence-corrected chi connectivity index (χ0v) is 15.4. The van der Waals surface area contributed by atoms with Gasteiger partial charge in [-0.15, -0.1) is 0 Å². The Morgan fingerprint density at radius 3 is 2.48 bits per heavy atom. The van der Waals surface area contributed by atoms with E-state index in [-0.39, 0.29) is 16.6 Å². The number of amides is 1. The van der Waals surface area contributed by atoms with E-state index in [9.17, 15) is 13.2 Å². The summed E-state index contributed by atoms with van der Waals surface area (Å²) < 4.78 is 36.9. The Balaban J connectivity index is 1.72. The molecule has 9 heteroatoms. The maximum absolute atomic E-state index is 12.3. The lowest BCUT2D eigenvalue weighted by Gasteiger charge is -2.08. The summed E-state index contributed by atoms with van der Waals surface area (Å²) in [7, 11) is -2.29. The molecule has 0 spiro atoms. The summed E-state index contributed by atoms with van der Waals surface area (Å²) in [4.78, 5) is 12.3. The van der Waals surface area contributed by atoms with Crippen molar-refractivity contribution >= 4 is 27.4 Å². The van der Waals surface area contributed by atoms with Crippen molar-refractivity contribution in [3.8, 4) is 5.75 Å². The highest BCUT2D eigenvalue weighted by molar-refractivity contribution is 7.92. The van der Waals surface area contributed by atoms with Gasteiger partial charge in [-0.1, -0.05) is 11.2 Å². The third-order valence-electron chi connectivity index (χ3n) is 3.62. The number of carbonyl (C=O) groups is 1. The first-order chi connectivity index (χ1) is 12.9. The van der Waals surface area contributed by atoms with Crippen LogP contribution in [0.4, 0.5) is 11.5 Å².